The number of Topliss-reactive ketones (excluding diaryl/α,β-unsaturated/α-hetero) is 1. The summed E-state index contributed by atoms with van der Waals surface area (Å²) in [5, 5.41) is 0.682. The zero-order valence-electron chi connectivity index (χ0n) is 20.5. The highest BCUT2D eigenvalue weighted by Crippen LogP contribution is 2.26. The van der Waals surface area contributed by atoms with Gasteiger partial charge in [-0.25, -0.2) is 4.79 Å². The molecule has 0 aliphatic rings. The number of para-hydroxylation sites is 1. The normalized spacial score (nSPS) is 11.2. The lowest BCUT2D eigenvalue weighted by molar-refractivity contribution is -0.0498. The van der Waals surface area contributed by atoms with E-state index in [1.165, 1.54) is 12.1 Å². The molecular weight excluding hydrogens is 466 g/mol. The number of hydrogen-bond donors (Lipinski definition) is 0. The molecule has 2 aromatic carbocycles. The number of benzene rings is 2. The lowest BCUT2D eigenvalue weighted by Gasteiger charge is -2.13. The smallest absolute Gasteiger partial charge is 0.387 e. The van der Waals surface area contributed by atoms with Crippen LogP contribution < -0.4 is 4.74 Å². The summed E-state index contributed by atoms with van der Waals surface area (Å²) < 4.78 is 36.6. The Morgan fingerprint density at radius 3 is 2.39 bits per heavy atom. The van der Waals surface area contributed by atoms with Crippen molar-refractivity contribution in [3.8, 4) is 11.4 Å². The van der Waals surface area contributed by atoms with Crippen molar-refractivity contribution in [1.29, 1.82) is 0 Å². The zero-order chi connectivity index (χ0) is 26.0. The van der Waals surface area contributed by atoms with Crippen LogP contribution in [0.3, 0.4) is 0 Å². The fraction of sp³-hybridized carbons (Fsp3) is 0.250. The lowest BCUT2D eigenvalue weighted by Crippen LogP contribution is -2.17. The highest BCUT2D eigenvalue weighted by atomic mass is 19.3. The predicted octanol–water partition coefficient (Wildman–Crippen LogP) is 6.15. The lowest BCUT2D eigenvalue weighted by atomic mass is 10.0. The van der Waals surface area contributed by atoms with Crippen molar-refractivity contribution in [2.75, 3.05) is 6.61 Å². The Kier molecular flexibility index (Phi) is 7.15. The Balaban J connectivity index is 1.55. The van der Waals surface area contributed by atoms with E-state index in [0.29, 0.717) is 39.8 Å². The molecule has 186 valence electrons. The number of carbonyl (C=O) groups is 2. The molecule has 2 aromatic heterocycles. The van der Waals surface area contributed by atoms with Gasteiger partial charge in [0.1, 0.15) is 5.75 Å². The summed E-state index contributed by atoms with van der Waals surface area (Å²) in [7, 11) is 0. The van der Waals surface area contributed by atoms with Crippen LogP contribution in [0.5, 0.6) is 5.75 Å². The Hall–Kier alpha value is -4.07. The van der Waals surface area contributed by atoms with Gasteiger partial charge in [-0.15, -0.1) is 0 Å². The Labute approximate surface area is 207 Å². The Morgan fingerprint density at radius 1 is 1.03 bits per heavy atom. The molecule has 2 heterocycles. The number of hydrogen-bond acceptors (Lipinski definition) is 5. The van der Waals surface area contributed by atoms with Gasteiger partial charge in [0.15, 0.2) is 6.61 Å². The number of nitrogens with zero attached hydrogens (tertiary/aromatic N) is 2. The van der Waals surface area contributed by atoms with E-state index in [1.54, 1.807) is 25.1 Å². The third-order valence-electron chi connectivity index (χ3n) is 6.16. The number of aryl methyl sites for hydroxylation is 2. The molecule has 0 radical (unpaired) electrons. The first-order chi connectivity index (χ1) is 17.2. The second-order valence-corrected chi connectivity index (χ2v) is 8.42. The molecule has 4 aromatic rings. The first kappa shape index (κ1) is 25.0. The largest absolute Gasteiger partial charge is 0.454 e. The van der Waals surface area contributed by atoms with Crippen LogP contribution in [0.1, 0.15) is 50.3 Å². The monoisotopic (exact) mass is 492 g/mol. The topological polar surface area (TPSA) is 70.4 Å². The van der Waals surface area contributed by atoms with Gasteiger partial charge in [0.25, 0.3) is 0 Å². The van der Waals surface area contributed by atoms with Crippen molar-refractivity contribution < 1.29 is 27.8 Å². The average molecular weight is 493 g/mol. The van der Waals surface area contributed by atoms with Gasteiger partial charge in [0, 0.05) is 33.7 Å². The van der Waals surface area contributed by atoms with E-state index in [9.17, 15) is 18.4 Å². The van der Waals surface area contributed by atoms with Crippen molar-refractivity contribution in [3.05, 3.63) is 88.4 Å². The average Bonchev–Trinajstić information content (AvgIpc) is 3.15. The second-order valence-electron chi connectivity index (χ2n) is 8.42. The van der Waals surface area contributed by atoms with E-state index in [4.69, 9.17) is 4.74 Å². The number of alkyl halides is 2. The first-order valence-electron chi connectivity index (χ1n) is 11.5. The first-order valence-corrected chi connectivity index (χ1v) is 11.5. The van der Waals surface area contributed by atoms with Gasteiger partial charge >= 0.3 is 12.6 Å². The van der Waals surface area contributed by atoms with Gasteiger partial charge in [-0.2, -0.15) is 8.78 Å². The number of esters is 1. The van der Waals surface area contributed by atoms with Gasteiger partial charge < -0.3 is 14.0 Å². The van der Waals surface area contributed by atoms with Crippen LogP contribution in [-0.2, 0) is 11.2 Å². The number of carbonyl (C=O) groups excluding carboxylic acids is 2. The van der Waals surface area contributed by atoms with Gasteiger partial charge in [-0.3, -0.25) is 9.78 Å². The molecule has 0 aliphatic heterocycles. The number of pyridine rings is 1. The third kappa shape index (κ3) is 4.84. The van der Waals surface area contributed by atoms with E-state index in [1.807, 2.05) is 49.6 Å². The fourth-order valence-electron chi connectivity index (χ4n) is 4.47. The maximum Gasteiger partial charge on any atom is 0.387 e. The van der Waals surface area contributed by atoms with Crippen LogP contribution in [-0.4, -0.2) is 34.5 Å². The van der Waals surface area contributed by atoms with Crippen LogP contribution in [0.4, 0.5) is 8.78 Å². The molecule has 0 atom stereocenters. The number of ketones is 1. The maximum atomic E-state index is 13.1. The summed E-state index contributed by atoms with van der Waals surface area (Å²) in [4.78, 5) is 30.8. The predicted molar refractivity (Wildman–Crippen MR) is 132 cm³/mol. The van der Waals surface area contributed by atoms with Crippen LogP contribution in [0.15, 0.2) is 54.6 Å². The van der Waals surface area contributed by atoms with E-state index in [-0.39, 0.29) is 11.5 Å². The Morgan fingerprint density at radius 2 is 1.72 bits per heavy atom. The molecule has 0 spiro atoms. The van der Waals surface area contributed by atoms with Crippen LogP contribution in [0.25, 0.3) is 16.6 Å². The molecule has 6 nitrogen and oxygen atoms in total. The Bertz CT molecular complexity index is 1440. The summed E-state index contributed by atoms with van der Waals surface area (Å²) in [6.07, 6.45) is 0.664. The zero-order valence-corrected chi connectivity index (χ0v) is 20.5. The standard InChI is InChI=1S/C28H26F2N2O4/c1-5-23-17(3)26(21-8-6-7-9-24(21)31-23)27(34)35-15-25(33)22-14-16(2)32(18(22)4)19-10-12-20(13-11-19)36-28(29)30/h6-14,28H,5,15H2,1-4H3. The van der Waals surface area contributed by atoms with Gasteiger partial charge in [0.05, 0.1) is 11.1 Å². The van der Waals surface area contributed by atoms with Crippen LogP contribution in [0, 0.1) is 20.8 Å². The molecule has 0 saturated carbocycles. The van der Waals surface area contributed by atoms with Crippen molar-refractivity contribution in [3.63, 3.8) is 0 Å². The van der Waals surface area contributed by atoms with Crippen LogP contribution in [0.2, 0.25) is 0 Å². The van der Waals surface area contributed by atoms with E-state index < -0.39 is 19.2 Å². The molecule has 0 N–H and O–H groups in total. The number of aromatic nitrogens is 2. The highest BCUT2D eigenvalue weighted by molar-refractivity contribution is 6.06. The number of halogens is 2. The summed E-state index contributed by atoms with van der Waals surface area (Å²) in [6.45, 7) is 4.10. The quantitative estimate of drug-likeness (QED) is 0.218. The fourth-order valence-corrected chi connectivity index (χ4v) is 4.47. The minimum atomic E-state index is -2.90. The third-order valence-corrected chi connectivity index (χ3v) is 6.16. The van der Waals surface area contributed by atoms with Gasteiger partial charge in [0.2, 0.25) is 5.78 Å². The minimum Gasteiger partial charge on any atom is -0.454 e. The number of rotatable bonds is 8. The molecule has 8 heteroatoms. The molecular formula is C28H26F2N2O4. The van der Waals surface area contributed by atoms with E-state index >= 15 is 0 Å². The van der Waals surface area contributed by atoms with Crippen molar-refractivity contribution in [1.82, 2.24) is 9.55 Å². The summed E-state index contributed by atoms with van der Waals surface area (Å²) in [5.74, 6) is -0.866. The second kappa shape index (κ2) is 10.3. The molecule has 0 aliphatic carbocycles. The van der Waals surface area contributed by atoms with E-state index in [0.717, 1.165) is 17.0 Å². The van der Waals surface area contributed by atoms with Gasteiger partial charge in [-0.05, 0) is 69.2 Å². The summed E-state index contributed by atoms with van der Waals surface area (Å²) >= 11 is 0. The highest BCUT2D eigenvalue weighted by Gasteiger charge is 2.22. The minimum absolute atomic E-state index is 0.0459. The number of fused-ring (bicyclic) bond motifs is 1. The van der Waals surface area contributed by atoms with Crippen molar-refractivity contribution in [2.45, 2.75) is 40.7 Å². The molecule has 4 rings (SSSR count). The molecule has 36 heavy (non-hydrogen) atoms. The van der Waals surface area contributed by atoms with Crippen molar-refractivity contribution >= 4 is 22.7 Å². The molecule has 0 fully saturated rings. The van der Waals surface area contributed by atoms with Crippen molar-refractivity contribution in [2.24, 2.45) is 0 Å². The van der Waals surface area contributed by atoms with Gasteiger partial charge in [-0.1, -0.05) is 25.1 Å². The summed E-state index contributed by atoms with van der Waals surface area (Å²) in [6, 6.07) is 15.2. The molecule has 0 unspecified atom stereocenters. The maximum absolute atomic E-state index is 13.1. The van der Waals surface area contributed by atoms with E-state index in [2.05, 4.69) is 9.72 Å². The number of ether oxygens (including phenoxy) is 2. The molecule has 0 amide bonds. The molecule has 0 bridgehead atoms. The molecule has 0 saturated heterocycles. The summed E-state index contributed by atoms with van der Waals surface area (Å²) in [5.41, 5.74) is 5.19. The SMILES string of the molecule is CCc1nc2ccccc2c(C(=O)OCC(=O)c2cc(C)n(-c3ccc(OC(F)F)cc3)c2C)c1C. The van der Waals surface area contributed by atoms with Crippen LogP contribution >= 0.6 is 0 Å².